The standard InChI is InChI=1S/C30H30N6O4/c1-2-6-26-24(29(39)35(30-31-18-32-36(26)30)21-10-12-28(38)40-14-13-21)16-19-9-11-22(20-7-4-3-5-8-20)23(15-19)25-17-27(37)34-33-25/h3-5,7-9,11,15,18,21H,2,6,10,12-14,16-17H2,1H3,(H,34,37). The molecule has 0 radical (unpaired) electrons. The second kappa shape index (κ2) is 10.9. The number of hydrogen-bond acceptors (Lipinski definition) is 7. The number of ether oxygens (including phenoxy) is 1. The molecule has 2 aromatic carbocycles. The highest BCUT2D eigenvalue weighted by atomic mass is 16.5. The number of esters is 1. The summed E-state index contributed by atoms with van der Waals surface area (Å²) in [7, 11) is 0. The van der Waals surface area contributed by atoms with Crippen molar-refractivity contribution in [2.45, 2.75) is 57.9 Å². The number of fused-ring (bicyclic) bond motifs is 1. The lowest BCUT2D eigenvalue weighted by atomic mass is 9.91. The average Bonchev–Trinajstić information content (AvgIpc) is 3.57. The van der Waals surface area contributed by atoms with Crippen LogP contribution >= 0.6 is 0 Å². The molecule has 1 saturated heterocycles. The van der Waals surface area contributed by atoms with E-state index in [0.29, 0.717) is 42.7 Å². The number of nitrogens with zero attached hydrogens (tertiary/aromatic N) is 5. The number of aryl methyl sites for hydroxylation is 1. The summed E-state index contributed by atoms with van der Waals surface area (Å²) in [4.78, 5) is 42.6. The molecule has 10 heteroatoms. The number of rotatable bonds is 7. The Hall–Kier alpha value is -4.60. The van der Waals surface area contributed by atoms with Gasteiger partial charge >= 0.3 is 5.97 Å². The average molecular weight is 539 g/mol. The molecule has 2 aromatic heterocycles. The number of carbonyl (C=O) groups is 2. The Kier molecular flexibility index (Phi) is 6.98. The van der Waals surface area contributed by atoms with E-state index in [1.54, 1.807) is 9.08 Å². The molecule has 0 spiro atoms. The minimum atomic E-state index is -0.246. The van der Waals surface area contributed by atoms with Crippen LogP contribution in [0.25, 0.3) is 16.9 Å². The Balaban J connectivity index is 1.48. The van der Waals surface area contributed by atoms with Crippen LogP contribution in [0.15, 0.2) is 64.8 Å². The van der Waals surface area contributed by atoms with Gasteiger partial charge in [0.05, 0.1) is 24.4 Å². The highest BCUT2D eigenvalue weighted by Crippen LogP contribution is 2.29. The summed E-state index contributed by atoms with van der Waals surface area (Å²) in [6.45, 7) is 2.34. The highest BCUT2D eigenvalue weighted by Gasteiger charge is 2.27. The summed E-state index contributed by atoms with van der Waals surface area (Å²) in [6, 6.07) is 15.9. The van der Waals surface area contributed by atoms with Gasteiger partial charge in [0.25, 0.3) is 5.56 Å². The topological polar surface area (TPSA) is 120 Å². The third-order valence-electron chi connectivity index (χ3n) is 7.58. The molecular weight excluding hydrogens is 508 g/mol. The molecule has 2 aliphatic rings. The number of benzene rings is 2. The number of hydrogen-bond donors (Lipinski definition) is 1. The van der Waals surface area contributed by atoms with Crippen molar-refractivity contribution < 1.29 is 14.3 Å². The maximum absolute atomic E-state index is 14.2. The maximum atomic E-state index is 14.2. The van der Waals surface area contributed by atoms with Crippen LogP contribution in [0.5, 0.6) is 0 Å². The minimum Gasteiger partial charge on any atom is -0.466 e. The van der Waals surface area contributed by atoms with E-state index in [2.05, 4.69) is 27.5 Å². The molecule has 0 bridgehead atoms. The van der Waals surface area contributed by atoms with Crippen molar-refractivity contribution in [1.82, 2.24) is 24.6 Å². The first-order valence-corrected chi connectivity index (χ1v) is 13.7. The number of carbonyl (C=O) groups excluding carboxylic acids is 2. The van der Waals surface area contributed by atoms with E-state index in [9.17, 15) is 14.4 Å². The molecule has 2 aliphatic heterocycles. The summed E-state index contributed by atoms with van der Waals surface area (Å²) in [5, 5.41) is 8.80. The zero-order chi connectivity index (χ0) is 27.6. The molecule has 10 nitrogen and oxygen atoms in total. The van der Waals surface area contributed by atoms with Gasteiger partial charge in [-0.05, 0) is 35.6 Å². The van der Waals surface area contributed by atoms with Crippen molar-refractivity contribution in [2.75, 3.05) is 6.61 Å². The Bertz CT molecular complexity index is 1690. The van der Waals surface area contributed by atoms with E-state index in [1.807, 2.05) is 48.5 Å². The quantitative estimate of drug-likeness (QED) is 0.359. The summed E-state index contributed by atoms with van der Waals surface area (Å²) in [5.74, 6) is 0.0984. The van der Waals surface area contributed by atoms with Crippen molar-refractivity contribution in [1.29, 1.82) is 0 Å². The summed E-state index contributed by atoms with van der Waals surface area (Å²) < 4.78 is 8.73. The number of cyclic esters (lactones) is 1. The summed E-state index contributed by atoms with van der Waals surface area (Å²) in [5.41, 5.74) is 8.39. The normalized spacial score (nSPS) is 17.4. The molecule has 40 heavy (non-hydrogen) atoms. The van der Waals surface area contributed by atoms with E-state index in [0.717, 1.165) is 34.4 Å². The fourth-order valence-electron chi connectivity index (χ4n) is 5.68. The zero-order valence-corrected chi connectivity index (χ0v) is 22.3. The molecule has 4 aromatic rings. The Morgan fingerprint density at radius 2 is 1.90 bits per heavy atom. The first-order chi connectivity index (χ1) is 19.5. The van der Waals surface area contributed by atoms with Gasteiger partial charge in [-0.2, -0.15) is 15.2 Å². The first kappa shape index (κ1) is 25.7. The van der Waals surface area contributed by atoms with E-state index < -0.39 is 0 Å². The second-order valence-electron chi connectivity index (χ2n) is 10.2. The smallest absolute Gasteiger partial charge is 0.305 e. The minimum absolute atomic E-state index is 0.118. The van der Waals surface area contributed by atoms with Crippen molar-refractivity contribution in [3.05, 3.63) is 87.6 Å². The van der Waals surface area contributed by atoms with Crippen LogP contribution in [0, 0.1) is 0 Å². The van der Waals surface area contributed by atoms with Crippen LogP contribution in [0.4, 0.5) is 0 Å². The predicted molar refractivity (Wildman–Crippen MR) is 149 cm³/mol. The molecule has 4 heterocycles. The van der Waals surface area contributed by atoms with Gasteiger partial charge in [0.1, 0.15) is 6.33 Å². The third kappa shape index (κ3) is 4.81. The van der Waals surface area contributed by atoms with Crippen LogP contribution < -0.4 is 11.0 Å². The predicted octanol–water partition coefficient (Wildman–Crippen LogP) is 3.59. The fraction of sp³-hybridized carbons (Fsp3) is 0.333. The van der Waals surface area contributed by atoms with Gasteiger partial charge in [0.15, 0.2) is 0 Å². The van der Waals surface area contributed by atoms with Gasteiger partial charge in [0, 0.05) is 36.4 Å². The third-order valence-corrected chi connectivity index (χ3v) is 7.58. The number of hydrazone groups is 1. The van der Waals surface area contributed by atoms with E-state index in [1.165, 1.54) is 6.33 Å². The second-order valence-corrected chi connectivity index (χ2v) is 10.2. The molecule has 1 N–H and O–H groups in total. The molecule has 0 saturated carbocycles. The van der Waals surface area contributed by atoms with Crippen molar-refractivity contribution >= 4 is 23.4 Å². The Morgan fingerprint density at radius 3 is 2.67 bits per heavy atom. The molecular formula is C30H30N6O4. The molecule has 1 amide bonds. The molecule has 6 rings (SSSR count). The fourth-order valence-corrected chi connectivity index (χ4v) is 5.68. The van der Waals surface area contributed by atoms with Crippen LogP contribution in [-0.2, 0) is 27.2 Å². The monoisotopic (exact) mass is 538 g/mol. The lowest BCUT2D eigenvalue weighted by molar-refractivity contribution is -0.142. The number of nitrogens with one attached hydrogen (secondary N) is 1. The number of aromatic nitrogens is 4. The van der Waals surface area contributed by atoms with Gasteiger partial charge in [0.2, 0.25) is 11.7 Å². The van der Waals surface area contributed by atoms with E-state index >= 15 is 0 Å². The largest absolute Gasteiger partial charge is 0.466 e. The molecule has 1 fully saturated rings. The first-order valence-electron chi connectivity index (χ1n) is 13.7. The van der Waals surface area contributed by atoms with Crippen molar-refractivity contribution in [2.24, 2.45) is 5.10 Å². The lowest BCUT2D eigenvalue weighted by Gasteiger charge is -2.21. The zero-order valence-electron chi connectivity index (χ0n) is 22.3. The molecule has 0 aliphatic carbocycles. The van der Waals surface area contributed by atoms with Crippen LogP contribution in [-0.4, -0.2) is 43.4 Å². The molecule has 204 valence electrons. The van der Waals surface area contributed by atoms with Crippen molar-refractivity contribution in [3.63, 3.8) is 0 Å². The SMILES string of the molecule is CCCc1c(Cc2ccc(-c3ccccc3)c(C3=NNC(=O)C3)c2)c(=O)n(C2CCOC(=O)CC2)c2ncnn12. The van der Waals surface area contributed by atoms with Crippen LogP contribution in [0.1, 0.15) is 67.5 Å². The van der Waals surface area contributed by atoms with Gasteiger partial charge < -0.3 is 4.74 Å². The Morgan fingerprint density at radius 1 is 1.05 bits per heavy atom. The van der Waals surface area contributed by atoms with Crippen molar-refractivity contribution in [3.8, 4) is 11.1 Å². The van der Waals surface area contributed by atoms with Crippen LogP contribution in [0.2, 0.25) is 0 Å². The Labute approximate surface area is 230 Å². The number of amides is 1. The van der Waals surface area contributed by atoms with E-state index in [4.69, 9.17) is 4.74 Å². The van der Waals surface area contributed by atoms with Crippen LogP contribution in [0.3, 0.4) is 0 Å². The van der Waals surface area contributed by atoms with Gasteiger partial charge in [-0.25, -0.2) is 9.94 Å². The van der Waals surface area contributed by atoms with Gasteiger partial charge in [-0.1, -0.05) is 55.8 Å². The lowest BCUT2D eigenvalue weighted by Crippen LogP contribution is -2.32. The van der Waals surface area contributed by atoms with E-state index in [-0.39, 0.29) is 42.9 Å². The molecule has 1 unspecified atom stereocenters. The maximum Gasteiger partial charge on any atom is 0.305 e. The molecule has 1 atom stereocenters. The van der Waals surface area contributed by atoms with Gasteiger partial charge in [-0.15, -0.1) is 0 Å². The van der Waals surface area contributed by atoms with Gasteiger partial charge in [-0.3, -0.25) is 19.0 Å². The summed E-state index contributed by atoms with van der Waals surface area (Å²) in [6.07, 6.45) is 4.84. The summed E-state index contributed by atoms with van der Waals surface area (Å²) >= 11 is 0. The highest BCUT2D eigenvalue weighted by molar-refractivity contribution is 6.16.